The van der Waals surface area contributed by atoms with Crippen molar-refractivity contribution in [3.8, 4) is 0 Å². The number of nitrogens with zero attached hydrogens (tertiary/aromatic N) is 2. The third kappa shape index (κ3) is 6.14. The van der Waals surface area contributed by atoms with E-state index in [2.05, 4.69) is 63.2 Å². The quantitative estimate of drug-likeness (QED) is 0.347. The molecular weight excluding hydrogens is 463 g/mol. The summed E-state index contributed by atoms with van der Waals surface area (Å²) in [6.07, 6.45) is 3.50. The molecule has 0 spiro atoms. The second kappa shape index (κ2) is 9.78. The van der Waals surface area contributed by atoms with E-state index in [-0.39, 0.29) is 24.0 Å². The van der Waals surface area contributed by atoms with Gasteiger partial charge in [-0.3, -0.25) is 4.99 Å². The number of aromatic nitrogens is 1. The van der Waals surface area contributed by atoms with Crippen molar-refractivity contribution in [3.05, 3.63) is 46.4 Å². The van der Waals surface area contributed by atoms with Gasteiger partial charge in [0, 0.05) is 28.6 Å². The molecule has 1 fully saturated rings. The molecule has 2 N–H and O–H groups in total. The number of benzene rings is 1. The number of nitrogens with one attached hydrogen (secondary N) is 2. The molecule has 1 saturated carbocycles. The van der Waals surface area contributed by atoms with Crippen LogP contribution in [-0.4, -0.2) is 29.3 Å². The lowest BCUT2D eigenvalue weighted by Gasteiger charge is -2.18. The Balaban J connectivity index is 0.00000225. The van der Waals surface area contributed by atoms with Crippen LogP contribution in [0, 0.1) is 0 Å². The molecule has 0 amide bonds. The number of hydrogen-bond acceptors (Lipinski definition) is 4. The van der Waals surface area contributed by atoms with Gasteiger partial charge in [0.15, 0.2) is 5.96 Å². The third-order valence-electron chi connectivity index (χ3n) is 4.03. The lowest BCUT2D eigenvalue weighted by atomic mass is 10.4. The molecule has 2 aromatic rings. The Labute approximate surface area is 175 Å². The van der Waals surface area contributed by atoms with Crippen LogP contribution in [0.1, 0.15) is 30.5 Å². The number of hydrogen-bond donors (Lipinski definition) is 2. The number of halogens is 1. The zero-order chi connectivity index (χ0) is 16.8. The predicted molar refractivity (Wildman–Crippen MR) is 119 cm³/mol. The minimum absolute atomic E-state index is 0. The number of guanidine groups is 1. The predicted octanol–water partition coefficient (Wildman–Crippen LogP) is 4.31. The zero-order valence-electron chi connectivity index (χ0n) is 14.6. The standard InChI is InChI=1S/C18H24N4S2.HI/c1-3-16-22-14(12-23-16)11-20-17(19-2)21-13-18(9-10-18)24-15-7-5-4-6-8-15;/h4-8,12H,3,9-11,13H2,1-2H3,(H2,19,20,21);1H. The molecular formula is C18H25IN4S2. The highest BCUT2D eigenvalue weighted by atomic mass is 127. The van der Waals surface area contributed by atoms with E-state index in [1.165, 1.54) is 22.7 Å². The highest BCUT2D eigenvalue weighted by Crippen LogP contribution is 2.51. The molecule has 0 radical (unpaired) electrons. The van der Waals surface area contributed by atoms with E-state index in [0.29, 0.717) is 4.75 Å². The summed E-state index contributed by atoms with van der Waals surface area (Å²) in [5, 5.41) is 10.1. The van der Waals surface area contributed by atoms with Crippen molar-refractivity contribution in [3.63, 3.8) is 0 Å². The summed E-state index contributed by atoms with van der Waals surface area (Å²) >= 11 is 3.70. The monoisotopic (exact) mass is 488 g/mol. The molecule has 1 aliphatic carbocycles. The molecule has 0 unspecified atom stereocenters. The number of rotatable bonds is 7. The van der Waals surface area contributed by atoms with Gasteiger partial charge in [-0.1, -0.05) is 25.1 Å². The lowest BCUT2D eigenvalue weighted by Crippen LogP contribution is -2.40. The second-order valence-electron chi connectivity index (χ2n) is 5.96. The normalized spacial score (nSPS) is 15.4. The molecule has 0 aliphatic heterocycles. The first kappa shape index (κ1) is 20.5. The maximum Gasteiger partial charge on any atom is 0.191 e. The second-order valence-corrected chi connectivity index (χ2v) is 8.45. The van der Waals surface area contributed by atoms with Crippen molar-refractivity contribution >= 4 is 53.0 Å². The van der Waals surface area contributed by atoms with Crippen molar-refractivity contribution in [2.45, 2.75) is 42.4 Å². The number of thioether (sulfide) groups is 1. The van der Waals surface area contributed by atoms with Crippen LogP contribution in [-0.2, 0) is 13.0 Å². The number of aryl methyl sites for hydroxylation is 1. The van der Waals surface area contributed by atoms with Gasteiger partial charge in [-0.25, -0.2) is 4.98 Å². The number of aliphatic imine (C=N–C) groups is 1. The van der Waals surface area contributed by atoms with Gasteiger partial charge in [0.25, 0.3) is 0 Å². The molecule has 136 valence electrons. The Morgan fingerprint density at radius 2 is 2.04 bits per heavy atom. The van der Waals surface area contributed by atoms with Crippen LogP contribution in [0.5, 0.6) is 0 Å². The molecule has 0 bridgehead atoms. The molecule has 1 aliphatic rings. The summed E-state index contributed by atoms with van der Waals surface area (Å²) in [5.74, 6) is 0.848. The average molecular weight is 488 g/mol. The molecule has 0 saturated heterocycles. The van der Waals surface area contributed by atoms with Gasteiger partial charge in [0.1, 0.15) is 0 Å². The van der Waals surface area contributed by atoms with Crippen LogP contribution in [0.15, 0.2) is 45.6 Å². The zero-order valence-corrected chi connectivity index (χ0v) is 18.6. The van der Waals surface area contributed by atoms with Gasteiger partial charge >= 0.3 is 0 Å². The van der Waals surface area contributed by atoms with Crippen LogP contribution < -0.4 is 10.6 Å². The van der Waals surface area contributed by atoms with E-state index in [1.54, 1.807) is 11.3 Å². The van der Waals surface area contributed by atoms with Crippen molar-refractivity contribution in [2.24, 2.45) is 4.99 Å². The summed E-state index contributed by atoms with van der Waals surface area (Å²) in [4.78, 5) is 10.3. The van der Waals surface area contributed by atoms with E-state index >= 15 is 0 Å². The summed E-state index contributed by atoms with van der Waals surface area (Å²) in [7, 11) is 1.82. The van der Waals surface area contributed by atoms with E-state index in [1.807, 2.05) is 18.8 Å². The lowest BCUT2D eigenvalue weighted by molar-refractivity contribution is 0.760. The topological polar surface area (TPSA) is 49.3 Å². The summed E-state index contributed by atoms with van der Waals surface area (Å²) in [6, 6.07) is 10.6. The maximum absolute atomic E-state index is 4.58. The smallest absolute Gasteiger partial charge is 0.191 e. The highest BCUT2D eigenvalue weighted by Gasteiger charge is 2.43. The van der Waals surface area contributed by atoms with E-state index in [0.717, 1.165) is 31.2 Å². The SMILES string of the molecule is CCc1nc(CNC(=NC)NCC2(Sc3ccccc3)CC2)cs1.I. The fourth-order valence-corrected chi connectivity index (χ4v) is 4.41. The van der Waals surface area contributed by atoms with Crippen LogP contribution in [0.4, 0.5) is 0 Å². The Bertz CT molecular complexity index is 683. The maximum atomic E-state index is 4.58. The molecule has 3 rings (SSSR count). The fourth-order valence-electron chi connectivity index (χ4n) is 2.43. The Kier molecular flexibility index (Phi) is 8.02. The van der Waals surface area contributed by atoms with Crippen molar-refractivity contribution in [2.75, 3.05) is 13.6 Å². The van der Waals surface area contributed by atoms with Gasteiger partial charge < -0.3 is 10.6 Å². The van der Waals surface area contributed by atoms with Gasteiger partial charge in [-0.05, 0) is 31.4 Å². The molecule has 25 heavy (non-hydrogen) atoms. The summed E-state index contributed by atoms with van der Waals surface area (Å²) < 4.78 is 0.314. The highest BCUT2D eigenvalue weighted by molar-refractivity contribution is 14.0. The number of thiazole rings is 1. The van der Waals surface area contributed by atoms with Crippen LogP contribution in [0.2, 0.25) is 0 Å². The molecule has 0 atom stereocenters. The van der Waals surface area contributed by atoms with E-state index < -0.39 is 0 Å². The van der Waals surface area contributed by atoms with Gasteiger partial charge in [0.2, 0.25) is 0 Å². The Morgan fingerprint density at radius 3 is 2.64 bits per heavy atom. The van der Waals surface area contributed by atoms with Crippen LogP contribution in [0.3, 0.4) is 0 Å². The van der Waals surface area contributed by atoms with Gasteiger partial charge in [-0.2, -0.15) is 0 Å². The Hall–Kier alpha value is -0.800. The third-order valence-corrected chi connectivity index (χ3v) is 6.56. The van der Waals surface area contributed by atoms with Crippen molar-refractivity contribution in [1.29, 1.82) is 0 Å². The largest absolute Gasteiger partial charge is 0.355 e. The molecule has 7 heteroatoms. The minimum atomic E-state index is 0. The van der Waals surface area contributed by atoms with Crippen molar-refractivity contribution < 1.29 is 0 Å². The molecule has 4 nitrogen and oxygen atoms in total. The first-order valence-electron chi connectivity index (χ1n) is 8.35. The first-order valence-corrected chi connectivity index (χ1v) is 10.0. The minimum Gasteiger partial charge on any atom is -0.355 e. The van der Waals surface area contributed by atoms with Crippen molar-refractivity contribution in [1.82, 2.24) is 15.6 Å². The fraction of sp³-hybridized carbons (Fsp3) is 0.444. The average Bonchev–Trinajstić information content (AvgIpc) is 3.21. The van der Waals surface area contributed by atoms with E-state index in [9.17, 15) is 0 Å². The molecule has 1 heterocycles. The first-order chi connectivity index (χ1) is 11.7. The molecule has 1 aromatic carbocycles. The van der Waals surface area contributed by atoms with Crippen LogP contribution in [0.25, 0.3) is 0 Å². The van der Waals surface area contributed by atoms with Gasteiger partial charge in [-0.15, -0.1) is 47.1 Å². The van der Waals surface area contributed by atoms with Crippen LogP contribution >= 0.6 is 47.1 Å². The summed E-state index contributed by atoms with van der Waals surface area (Å²) in [6.45, 7) is 3.79. The molecule has 1 aromatic heterocycles. The van der Waals surface area contributed by atoms with Gasteiger partial charge in [0.05, 0.1) is 17.2 Å². The Morgan fingerprint density at radius 1 is 1.28 bits per heavy atom. The summed E-state index contributed by atoms with van der Waals surface area (Å²) in [5.41, 5.74) is 1.08. The van der Waals surface area contributed by atoms with E-state index in [4.69, 9.17) is 0 Å².